The van der Waals surface area contributed by atoms with Crippen LogP contribution in [0.4, 0.5) is 0 Å². The van der Waals surface area contributed by atoms with Crippen molar-refractivity contribution in [2.45, 2.75) is 25.8 Å². The number of hydrogen-bond acceptors (Lipinski definition) is 1. The lowest BCUT2D eigenvalue weighted by atomic mass is 10.1. The third kappa shape index (κ3) is 4.53. The maximum absolute atomic E-state index is 5.97. The minimum atomic E-state index is 0. The predicted molar refractivity (Wildman–Crippen MR) is 82.6 cm³/mol. The average molecular weight is 345 g/mol. The summed E-state index contributed by atoms with van der Waals surface area (Å²) < 4.78 is 0. The molecule has 94 valence electrons. The van der Waals surface area contributed by atoms with Gasteiger partial charge in [-0.15, -0.1) is 24.0 Å². The Balaban J connectivity index is 0.00000144. The Bertz CT molecular complexity index is 345. The molecule has 1 aliphatic heterocycles. The normalized spacial score (nSPS) is 16.5. The van der Waals surface area contributed by atoms with Crippen molar-refractivity contribution in [1.82, 2.24) is 4.90 Å². The van der Waals surface area contributed by atoms with Crippen LogP contribution in [-0.2, 0) is 6.54 Å². The van der Waals surface area contributed by atoms with E-state index in [1.165, 1.54) is 24.8 Å². The molecule has 0 spiro atoms. The van der Waals surface area contributed by atoms with Crippen molar-refractivity contribution in [2.75, 3.05) is 13.1 Å². The molecular formula is C13H20IN3. The molecule has 0 aliphatic carbocycles. The van der Waals surface area contributed by atoms with Crippen molar-refractivity contribution in [3.63, 3.8) is 0 Å². The summed E-state index contributed by atoms with van der Waals surface area (Å²) in [6.45, 7) is 2.80. The van der Waals surface area contributed by atoms with Crippen LogP contribution in [0.1, 0.15) is 24.8 Å². The molecule has 1 fully saturated rings. The molecule has 3 nitrogen and oxygen atoms in total. The zero-order valence-electron chi connectivity index (χ0n) is 10.0. The lowest BCUT2D eigenvalue weighted by molar-refractivity contribution is 0.338. The number of likely N-dealkylation sites (tertiary alicyclic amines) is 1. The molecule has 1 aromatic carbocycles. The monoisotopic (exact) mass is 345 g/mol. The van der Waals surface area contributed by atoms with Crippen LogP contribution in [0, 0.1) is 0 Å². The van der Waals surface area contributed by atoms with E-state index in [0.717, 1.165) is 13.1 Å². The van der Waals surface area contributed by atoms with Crippen molar-refractivity contribution >= 4 is 29.9 Å². The predicted octanol–water partition coefficient (Wildman–Crippen LogP) is 2.61. The van der Waals surface area contributed by atoms with Crippen molar-refractivity contribution in [3.8, 4) is 0 Å². The highest BCUT2D eigenvalue weighted by Crippen LogP contribution is 2.08. The molecule has 4 heteroatoms. The van der Waals surface area contributed by atoms with Gasteiger partial charge in [0.05, 0.1) is 6.54 Å². The first-order valence-electron chi connectivity index (χ1n) is 5.95. The van der Waals surface area contributed by atoms with Gasteiger partial charge in [0.1, 0.15) is 0 Å². The second-order valence-electron chi connectivity index (χ2n) is 4.21. The molecule has 2 rings (SSSR count). The van der Waals surface area contributed by atoms with E-state index in [1.807, 2.05) is 18.2 Å². The van der Waals surface area contributed by atoms with Crippen molar-refractivity contribution < 1.29 is 0 Å². The maximum atomic E-state index is 5.97. The average Bonchev–Trinajstić information content (AvgIpc) is 2.38. The topological polar surface area (TPSA) is 41.6 Å². The molecule has 0 amide bonds. The second-order valence-corrected chi connectivity index (χ2v) is 4.21. The van der Waals surface area contributed by atoms with E-state index in [-0.39, 0.29) is 24.0 Å². The van der Waals surface area contributed by atoms with E-state index in [1.54, 1.807) is 0 Å². The fourth-order valence-electron chi connectivity index (χ4n) is 1.98. The first-order chi connectivity index (χ1) is 7.86. The highest BCUT2D eigenvalue weighted by atomic mass is 127. The number of guanidine groups is 1. The molecule has 1 saturated heterocycles. The fraction of sp³-hybridized carbons (Fsp3) is 0.462. The quantitative estimate of drug-likeness (QED) is 0.509. The number of piperidine rings is 1. The summed E-state index contributed by atoms with van der Waals surface area (Å²) in [5.41, 5.74) is 7.18. The van der Waals surface area contributed by atoms with Gasteiger partial charge < -0.3 is 10.6 Å². The molecule has 0 bridgehead atoms. The lowest BCUT2D eigenvalue weighted by Crippen LogP contribution is -2.40. The largest absolute Gasteiger partial charge is 0.370 e. The van der Waals surface area contributed by atoms with Gasteiger partial charge in [-0.3, -0.25) is 0 Å². The number of nitrogens with zero attached hydrogens (tertiary/aromatic N) is 2. The number of nitrogens with two attached hydrogens (primary N) is 1. The molecular weight excluding hydrogens is 325 g/mol. The summed E-state index contributed by atoms with van der Waals surface area (Å²) in [6.07, 6.45) is 3.80. The zero-order chi connectivity index (χ0) is 11.2. The minimum Gasteiger partial charge on any atom is -0.370 e. The Morgan fingerprint density at radius 3 is 2.41 bits per heavy atom. The molecule has 0 saturated carbocycles. The van der Waals surface area contributed by atoms with Crippen LogP contribution in [0.25, 0.3) is 0 Å². The van der Waals surface area contributed by atoms with Crippen molar-refractivity contribution in [2.24, 2.45) is 10.7 Å². The van der Waals surface area contributed by atoms with Gasteiger partial charge in [-0.05, 0) is 24.8 Å². The number of halogens is 1. The second kappa shape index (κ2) is 7.53. The summed E-state index contributed by atoms with van der Waals surface area (Å²) in [4.78, 5) is 6.63. The van der Waals surface area contributed by atoms with E-state index in [2.05, 4.69) is 22.0 Å². The minimum absolute atomic E-state index is 0. The molecule has 1 heterocycles. The summed E-state index contributed by atoms with van der Waals surface area (Å²) >= 11 is 0. The maximum Gasteiger partial charge on any atom is 0.191 e. The van der Waals surface area contributed by atoms with Crippen molar-refractivity contribution in [3.05, 3.63) is 35.9 Å². The number of rotatable bonds is 2. The van der Waals surface area contributed by atoms with E-state index in [0.29, 0.717) is 12.5 Å². The molecule has 0 atom stereocenters. The van der Waals surface area contributed by atoms with Gasteiger partial charge >= 0.3 is 0 Å². The van der Waals surface area contributed by atoms with Crippen LogP contribution in [0.2, 0.25) is 0 Å². The van der Waals surface area contributed by atoms with Crippen LogP contribution in [0.3, 0.4) is 0 Å². The third-order valence-corrected chi connectivity index (χ3v) is 2.95. The fourth-order valence-corrected chi connectivity index (χ4v) is 1.98. The van der Waals surface area contributed by atoms with Gasteiger partial charge in [-0.2, -0.15) is 0 Å². The summed E-state index contributed by atoms with van der Waals surface area (Å²) in [7, 11) is 0. The number of hydrogen-bond donors (Lipinski definition) is 1. The number of aliphatic imine (C=N–C) groups is 1. The Morgan fingerprint density at radius 2 is 1.76 bits per heavy atom. The van der Waals surface area contributed by atoms with Gasteiger partial charge in [0.2, 0.25) is 0 Å². The first kappa shape index (κ1) is 14.3. The van der Waals surface area contributed by atoms with Gasteiger partial charge in [0.25, 0.3) is 0 Å². The summed E-state index contributed by atoms with van der Waals surface area (Å²) in [5, 5.41) is 0. The third-order valence-electron chi connectivity index (χ3n) is 2.95. The van der Waals surface area contributed by atoms with Gasteiger partial charge in [-0.1, -0.05) is 30.3 Å². The molecule has 2 N–H and O–H groups in total. The Kier molecular flexibility index (Phi) is 6.32. The molecule has 0 unspecified atom stereocenters. The van der Waals surface area contributed by atoms with Crippen LogP contribution in [0.5, 0.6) is 0 Å². The van der Waals surface area contributed by atoms with E-state index < -0.39 is 0 Å². The molecule has 1 aromatic rings. The molecule has 0 radical (unpaired) electrons. The van der Waals surface area contributed by atoms with Crippen LogP contribution in [-0.4, -0.2) is 23.9 Å². The summed E-state index contributed by atoms with van der Waals surface area (Å²) in [5.74, 6) is 0.698. The Labute approximate surface area is 120 Å². The van der Waals surface area contributed by atoms with Crippen molar-refractivity contribution in [1.29, 1.82) is 0 Å². The number of benzene rings is 1. The lowest BCUT2D eigenvalue weighted by Gasteiger charge is -2.27. The van der Waals surface area contributed by atoms with E-state index in [9.17, 15) is 0 Å². The Hall–Kier alpha value is -0.780. The highest BCUT2D eigenvalue weighted by molar-refractivity contribution is 14.0. The summed E-state index contributed by atoms with van der Waals surface area (Å²) in [6, 6.07) is 10.2. The van der Waals surface area contributed by atoms with Gasteiger partial charge in [-0.25, -0.2) is 4.99 Å². The highest BCUT2D eigenvalue weighted by Gasteiger charge is 2.11. The Morgan fingerprint density at radius 1 is 1.12 bits per heavy atom. The van der Waals surface area contributed by atoms with Crippen LogP contribution < -0.4 is 5.73 Å². The van der Waals surface area contributed by atoms with E-state index in [4.69, 9.17) is 5.73 Å². The smallest absolute Gasteiger partial charge is 0.191 e. The standard InChI is InChI=1S/C13H19N3.HI/c14-13(16-9-5-2-6-10-16)15-11-12-7-3-1-4-8-12;/h1,3-4,7-8H,2,5-6,9-11H2,(H2,14,15);1H. The SMILES string of the molecule is I.NC(=NCc1ccccc1)N1CCCCC1. The van der Waals surface area contributed by atoms with Crippen LogP contribution in [0.15, 0.2) is 35.3 Å². The zero-order valence-corrected chi connectivity index (χ0v) is 12.3. The van der Waals surface area contributed by atoms with Gasteiger partial charge in [0, 0.05) is 13.1 Å². The molecule has 0 aromatic heterocycles. The first-order valence-corrected chi connectivity index (χ1v) is 5.95. The molecule has 17 heavy (non-hydrogen) atoms. The van der Waals surface area contributed by atoms with Crippen LogP contribution >= 0.6 is 24.0 Å². The van der Waals surface area contributed by atoms with E-state index >= 15 is 0 Å². The van der Waals surface area contributed by atoms with Gasteiger partial charge in [0.15, 0.2) is 5.96 Å². The molecule has 1 aliphatic rings.